The molecule has 24 heavy (non-hydrogen) atoms. The Labute approximate surface area is 152 Å². The fourth-order valence-corrected chi connectivity index (χ4v) is 3.88. The van der Waals surface area contributed by atoms with Crippen LogP contribution in [0.2, 0.25) is 4.34 Å². The third-order valence-electron chi connectivity index (χ3n) is 2.94. The Morgan fingerprint density at radius 3 is 2.79 bits per heavy atom. The normalized spacial score (nSPS) is 10.7. The molecule has 0 spiro atoms. The van der Waals surface area contributed by atoms with Crippen LogP contribution in [0.5, 0.6) is 0 Å². The summed E-state index contributed by atoms with van der Waals surface area (Å²) in [5.74, 6) is 1.35. The Morgan fingerprint density at radius 1 is 1.21 bits per heavy atom. The molecule has 5 nitrogen and oxygen atoms in total. The summed E-state index contributed by atoms with van der Waals surface area (Å²) >= 11 is 8.85. The molecule has 0 aliphatic heterocycles. The van der Waals surface area contributed by atoms with E-state index in [4.69, 9.17) is 20.8 Å². The van der Waals surface area contributed by atoms with Crippen molar-refractivity contribution in [2.75, 3.05) is 5.75 Å². The van der Waals surface area contributed by atoms with Crippen LogP contribution in [-0.4, -0.2) is 21.9 Å². The molecule has 124 valence electrons. The van der Waals surface area contributed by atoms with E-state index in [0.717, 1.165) is 20.5 Å². The van der Waals surface area contributed by atoms with Gasteiger partial charge in [-0.1, -0.05) is 29.8 Å². The van der Waals surface area contributed by atoms with Crippen molar-refractivity contribution in [1.29, 1.82) is 0 Å². The van der Waals surface area contributed by atoms with E-state index in [9.17, 15) is 4.79 Å². The number of halogens is 1. The molecular weight excluding hydrogens is 368 g/mol. The maximum absolute atomic E-state index is 11.7. The molecule has 0 radical (unpaired) electrons. The molecule has 0 unspecified atom stereocenters. The molecule has 0 saturated carbocycles. The van der Waals surface area contributed by atoms with Crippen LogP contribution in [-0.2, 0) is 21.9 Å². The minimum Gasteiger partial charge on any atom is -0.455 e. The predicted octanol–water partition coefficient (Wildman–Crippen LogP) is 4.43. The maximum atomic E-state index is 11.7. The maximum Gasteiger partial charge on any atom is 0.316 e. The number of hydrogen-bond acceptors (Lipinski definition) is 7. The molecule has 0 N–H and O–H groups in total. The van der Waals surface area contributed by atoms with Gasteiger partial charge in [-0.2, -0.15) is 0 Å². The zero-order valence-corrected chi connectivity index (χ0v) is 14.9. The van der Waals surface area contributed by atoms with Crippen molar-refractivity contribution in [3.8, 4) is 11.5 Å². The summed E-state index contributed by atoms with van der Waals surface area (Å²) in [6.45, 7) is -0.0238. The van der Waals surface area contributed by atoms with E-state index in [1.807, 2.05) is 42.5 Å². The topological polar surface area (TPSA) is 65.2 Å². The third kappa shape index (κ3) is 4.83. The fraction of sp³-hybridized carbons (Fsp3) is 0.188. The monoisotopic (exact) mass is 380 g/mol. The van der Waals surface area contributed by atoms with Crippen molar-refractivity contribution in [1.82, 2.24) is 10.2 Å². The van der Waals surface area contributed by atoms with Gasteiger partial charge in [-0.3, -0.25) is 4.79 Å². The van der Waals surface area contributed by atoms with E-state index in [0.29, 0.717) is 5.89 Å². The van der Waals surface area contributed by atoms with Crippen LogP contribution >= 0.6 is 34.7 Å². The molecule has 0 bridgehead atoms. The molecule has 0 amide bonds. The van der Waals surface area contributed by atoms with Crippen LogP contribution < -0.4 is 0 Å². The van der Waals surface area contributed by atoms with Gasteiger partial charge < -0.3 is 9.15 Å². The second-order valence-electron chi connectivity index (χ2n) is 4.73. The van der Waals surface area contributed by atoms with Gasteiger partial charge in [0.2, 0.25) is 5.89 Å². The molecule has 0 atom stereocenters. The van der Waals surface area contributed by atoms with Gasteiger partial charge in [0.05, 0.1) is 10.1 Å². The highest BCUT2D eigenvalue weighted by Gasteiger charge is 2.11. The zero-order valence-electron chi connectivity index (χ0n) is 12.5. The lowest BCUT2D eigenvalue weighted by Gasteiger charge is -2.01. The summed E-state index contributed by atoms with van der Waals surface area (Å²) in [4.78, 5) is 12.9. The largest absolute Gasteiger partial charge is 0.455 e. The molecule has 8 heteroatoms. The van der Waals surface area contributed by atoms with Gasteiger partial charge in [-0.05, 0) is 24.3 Å². The first-order valence-electron chi connectivity index (χ1n) is 7.06. The number of rotatable bonds is 7. The summed E-state index contributed by atoms with van der Waals surface area (Å²) < 4.78 is 11.4. The number of thiophene rings is 1. The first kappa shape index (κ1) is 17.0. The summed E-state index contributed by atoms with van der Waals surface area (Å²) in [6, 6.07) is 13.2. The smallest absolute Gasteiger partial charge is 0.316 e. The SMILES string of the molecule is O=C(CSCc1ccc(Cl)s1)OCc1nnc(-c2ccccc2)o1. The van der Waals surface area contributed by atoms with E-state index < -0.39 is 0 Å². The summed E-state index contributed by atoms with van der Waals surface area (Å²) in [5.41, 5.74) is 0.827. The first-order chi connectivity index (χ1) is 11.7. The minimum absolute atomic E-state index is 0.0238. The lowest BCUT2D eigenvalue weighted by atomic mass is 10.2. The molecular formula is C16H13ClN2O3S2. The quantitative estimate of drug-likeness (QED) is 0.565. The van der Waals surface area contributed by atoms with Crippen LogP contribution in [0.1, 0.15) is 10.8 Å². The minimum atomic E-state index is -0.317. The van der Waals surface area contributed by atoms with Gasteiger partial charge >= 0.3 is 5.97 Å². The van der Waals surface area contributed by atoms with Crippen molar-refractivity contribution in [3.63, 3.8) is 0 Å². The Bertz CT molecular complexity index is 805. The lowest BCUT2D eigenvalue weighted by molar-refractivity contribution is -0.142. The number of ether oxygens (including phenoxy) is 1. The molecule has 1 aromatic carbocycles. The number of aromatic nitrogens is 2. The first-order valence-corrected chi connectivity index (χ1v) is 9.41. The number of carbonyl (C=O) groups excluding carboxylic acids is 1. The van der Waals surface area contributed by atoms with Crippen LogP contribution in [0, 0.1) is 0 Å². The number of nitrogens with zero attached hydrogens (tertiary/aromatic N) is 2. The van der Waals surface area contributed by atoms with Gasteiger partial charge in [-0.15, -0.1) is 33.3 Å². The van der Waals surface area contributed by atoms with Crippen molar-refractivity contribution in [2.45, 2.75) is 12.4 Å². The van der Waals surface area contributed by atoms with Crippen LogP contribution in [0.15, 0.2) is 46.9 Å². The molecule has 3 aromatic rings. The van der Waals surface area contributed by atoms with Gasteiger partial charge in [0.1, 0.15) is 0 Å². The van der Waals surface area contributed by atoms with E-state index in [2.05, 4.69) is 10.2 Å². The van der Waals surface area contributed by atoms with E-state index in [1.54, 1.807) is 0 Å². The lowest BCUT2D eigenvalue weighted by Crippen LogP contribution is -2.07. The van der Waals surface area contributed by atoms with Crippen LogP contribution in [0.25, 0.3) is 11.5 Å². The summed E-state index contributed by atoms with van der Waals surface area (Å²) in [6.07, 6.45) is 0. The molecule has 0 aliphatic carbocycles. The second kappa shape index (κ2) is 8.32. The van der Waals surface area contributed by atoms with Gasteiger partial charge in [0.15, 0.2) is 6.61 Å². The highest BCUT2D eigenvalue weighted by molar-refractivity contribution is 7.99. The number of carbonyl (C=O) groups is 1. The zero-order chi connectivity index (χ0) is 16.8. The number of thioether (sulfide) groups is 1. The molecule has 0 saturated heterocycles. The van der Waals surface area contributed by atoms with Gasteiger partial charge in [0.25, 0.3) is 5.89 Å². The number of esters is 1. The Kier molecular flexibility index (Phi) is 5.90. The summed E-state index contributed by atoms with van der Waals surface area (Å²) in [5, 5.41) is 7.83. The van der Waals surface area contributed by atoms with Gasteiger partial charge in [0, 0.05) is 16.2 Å². The van der Waals surface area contributed by atoms with Crippen molar-refractivity contribution in [2.24, 2.45) is 0 Å². The van der Waals surface area contributed by atoms with E-state index in [-0.39, 0.29) is 24.2 Å². The molecule has 3 rings (SSSR count). The van der Waals surface area contributed by atoms with Crippen LogP contribution in [0.3, 0.4) is 0 Å². The molecule has 2 heterocycles. The fourth-order valence-electron chi connectivity index (χ4n) is 1.86. The van der Waals surface area contributed by atoms with E-state index >= 15 is 0 Å². The van der Waals surface area contributed by atoms with Gasteiger partial charge in [-0.25, -0.2) is 0 Å². The second-order valence-corrected chi connectivity index (χ2v) is 7.51. The highest BCUT2D eigenvalue weighted by atomic mass is 35.5. The third-order valence-corrected chi connectivity index (χ3v) is 5.31. The van der Waals surface area contributed by atoms with Crippen LogP contribution in [0.4, 0.5) is 0 Å². The number of hydrogen-bond donors (Lipinski definition) is 0. The highest BCUT2D eigenvalue weighted by Crippen LogP contribution is 2.25. The summed E-state index contributed by atoms with van der Waals surface area (Å²) in [7, 11) is 0. The molecule has 2 aromatic heterocycles. The Hall–Kier alpha value is -1.83. The van der Waals surface area contributed by atoms with Crippen molar-refractivity contribution < 1.29 is 13.9 Å². The average Bonchev–Trinajstić information content (AvgIpc) is 3.23. The van der Waals surface area contributed by atoms with Crippen molar-refractivity contribution in [3.05, 3.63) is 57.6 Å². The molecule has 0 fully saturated rings. The predicted molar refractivity (Wildman–Crippen MR) is 95.0 cm³/mol. The Morgan fingerprint density at radius 2 is 2.04 bits per heavy atom. The van der Waals surface area contributed by atoms with Crippen molar-refractivity contribution >= 4 is 40.7 Å². The van der Waals surface area contributed by atoms with E-state index in [1.165, 1.54) is 23.1 Å². The standard InChI is InChI=1S/C16H13ClN2O3S2/c17-13-7-6-12(24-13)9-23-10-15(20)21-8-14-18-19-16(22-14)11-4-2-1-3-5-11/h1-7H,8-10H2. The average molecular weight is 381 g/mol. The Balaban J connectivity index is 1.42. The number of benzene rings is 1. The molecule has 0 aliphatic rings.